The number of hydrogen-bond donors (Lipinski definition) is 2. The summed E-state index contributed by atoms with van der Waals surface area (Å²) in [4.78, 5) is 0. The van der Waals surface area contributed by atoms with E-state index in [1.807, 2.05) is 0 Å². The first-order valence-electron chi connectivity index (χ1n) is 3.57. The third kappa shape index (κ3) is 3.80. The van der Waals surface area contributed by atoms with Crippen LogP contribution in [0.3, 0.4) is 0 Å². The van der Waals surface area contributed by atoms with Gasteiger partial charge in [0.05, 0.1) is 5.60 Å². The lowest BCUT2D eigenvalue weighted by molar-refractivity contribution is -0.0603. The molecule has 0 amide bonds. The highest BCUT2D eigenvalue weighted by atomic mass is 19.4. The molecule has 0 rings (SSSR count). The van der Waals surface area contributed by atoms with Gasteiger partial charge >= 0.3 is 13.3 Å². The summed E-state index contributed by atoms with van der Waals surface area (Å²) in [6, 6.07) is 0. The summed E-state index contributed by atoms with van der Waals surface area (Å²) >= 11 is 0. The predicted octanol–water partition coefficient (Wildman–Crippen LogP) is 0.382. The number of nitrogens with zero attached hydrogens (tertiary/aromatic N) is 2. The van der Waals surface area contributed by atoms with E-state index in [4.69, 9.17) is 10.0 Å². The molecule has 0 aromatic rings. The minimum Gasteiger partial charge on any atom is -0.422 e. The summed E-state index contributed by atoms with van der Waals surface area (Å²) in [6.45, 7) is 3.91. The maximum Gasteiger partial charge on any atom is 0.507 e. The fourth-order valence-corrected chi connectivity index (χ4v) is 0.513. The molecule has 0 aliphatic heterocycles. The Morgan fingerprint density at radius 1 is 1.43 bits per heavy atom. The first kappa shape index (κ1) is 13.0. The van der Waals surface area contributed by atoms with Crippen molar-refractivity contribution in [3.63, 3.8) is 0 Å². The highest BCUT2D eigenvalue weighted by Crippen LogP contribution is 2.17. The van der Waals surface area contributed by atoms with Crippen LogP contribution in [0.2, 0.25) is 0 Å². The van der Waals surface area contributed by atoms with Crippen molar-refractivity contribution in [1.82, 2.24) is 5.01 Å². The van der Waals surface area contributed by atoms with Crippen molar-refractivity contribution < 1.29 is 23.2 Å². The Morgan fingerprint density at radius 2 is 1.86 bits per heavy atom. The molecule has 0 saturated carbocycles. The van der Waals surface area contributed by atoms with Gasteiger partial charge in [0, 0.05) is 7.05 Å². The van der Waals surface area contributed by atoms with E-state index in [1.165, 1.54) is 0 Å². The van der Waals surface area contributed by atoms with Crippen LogP contribution in [0.15, 0.2) is 17.3 Å². The number of halogens is 3. The number of rotatable bonds is 3. The van der Waals surface area contributed by atoms with Gasteiger partial charge in [-0.1, -0.05) is 6.58 Å². The molecule has 0 heterocycles. The van der Waals surface area contributed by atoms with Gasteiger partial charge in [-0.2, -0.15) is 18.3 Å². The van der Waals surface area contributed by atoms with Gasteiger partial charge in [-0.25, -0.2) is 0 Å². The van der Waals surface area contributed by atoms with Crippen LogP contribution < -0.4 is 0 Å². The monoisotopic (exact) mass is 210 g/mol. The van der Waals surface area contributed by atoms with Crippen molar-refractivity contribution in [2.45, 2.75) is 13.1 Å². The number of hydrogen-bond acceptors (Lipinski definition) is 4. The molecule has 0 aliphatic carbocycles. The Balaban J connectivity index is 4.59. The summed E-state index contributed by atoms with van der Waals surface area (Å²) < 4.78 is 35.9. The van der Waals surface area contributed by atoms with E-state index in [0.717, 1.165) is 14.0 Å². The summed E-state index contributed by atoms with van der Waals surface area (Å²) in [6.07, 6.45) is -4.53. The van der Waals surface area contributed by atoms with Crippen molar-refractivity contribution >= 4 is 12.8 Å². The fourth-order valence-electron chi connectivity index (χ4n) is 0.513. The molecule has 0 fully saturated rings. The Bertz CT molecular complexity index is 252. The van der Waals surface area contributed by atoms with E-state index >= 15 is 0 Å². The van der Waals surface area contributed by atoms with Gasteiger partial charge in [0.1, 0.15) is 5.71 Å². The van der Waals surface area contributed by atoms with Gasteiger partial charge in [0.25, 0.3) is 0 Å². The van der Waals surface area contributed by atoms with Crippen molar-refractivity contribution in [2.75, 3.05) is 7.05 Å². The van der Waals surface area contributed by atoms with Crippen molar-refractivity contribution in [2.24, 2.45) is 5.10 Å². The minimum atomic E-state index is -4.53. The van der Waals surface area contributed by atoms with E-state index in [2.05, 4.69) is 11.7 Å². The van der Waals surface area contributed by atoms with E-state index in [-0.39, 0.29) is 5.60 Å². The van der Waals surface area contributed by atoms with E-state index in [1.54, 1.807) is 0 Å². The molecule has 0 atom stereocenters. The quantitative estimate of drug-likeness (QED) is 0.402. The Morgan fingerprint density at radius 3 is 2.14 bits per heavy atom. The average Bonchev–Trinajstić information content (AvgIpc) is 2.00. The molecule has 0 aromatic heterocycles. The number of alkyl halides is 3. The lowest BCUT2D eigenvalue weighted by Crippen LogP contribution is -2.29. The van der Waals surface area contributed by atoms with Crippen LogP contribution in [0.5, 0.6) is 0 Å². The van der Waals surface area contributed by atoms with Crippen molar-refractivity contribution in [1.29, 1.82) is 0 Å². The van der Waals surface area contributed by atoms with E-state index in [0.29, 0.717) is 5.01 Å². The molecule has 14 heavy (non-hydrogen) atoms. The molecule has 2 N–H and O–H groups in total. The zero-order valence-electron chi connectivity index (χ0n) is 7.71. The molecule has 0 spiro atoms. The van der Waals surface area contributed by atoms with E-state index < -0.39 is 19.0 Å². The Kier molecular flexibility index (Phi) is 4.15. The summed E-state index contributed by atoms with van der Waals surface area (Å²) in [5, 5.41) is 20.9. The maximum atomic E-state index is 12.0. The summed E-state index contributed by atoms with van der Waals surface area (Å²) in [5.41, 5.74) is -1.43. The first-order chi connectivity index (χ1) is 6.16. The molecule has 0 bridgehead atoms. The van der Waals surface area contributed by atoms with Gasteiger partial charge in [-0.15, -0.1) is 0 Å². The molecule has 0 radical (unpaired) electrons. The van der Waals surface area contributed by atoms with E-state index in [9.17, 15) is 13.2 Å². The zero-order chi connectivity index (χ0) is 11.5. The van der Waals surface area contributed by atoms with Gasteiger partial charge in [-0.05, 0) is 6.92 Å². The highest BCUT2D eigenvalue weighted by molar-refractivity contribution is 6.50. The third-order valence-electron chi connectivity index (χ3n) is 1.42. The lowest BCUT2D eigenvalue weighted by Gasteiger charge is -2.17. The van der Waals surface area contributed by atoms with Crippen LogP contribution in [0.4, 0.5) is 13.2 Å². The standard InChI is InChI=1S/C6H10BF3N2O2/c1-4(6(8,9)10)11-12(3)5(2)7(13)14/h13-14H,2H2,1,3H3/b11-4-. The lowest BCUT2D eigenvalue weighted by atomic mass is 9.87. The van der Waals surface area contributed by atoms with Crippen LogP contribution in [0.1, 0.15) is 6.92 Å². The second-order valence-electron chi connectivity index (χ2n) is 2.57. The molecule has 0 saturated heterocycles. The summed E-state index contributed by atoms with van der Waals surface area (Å²) in [7, 11) is -0.790. The second kappa shape index (κ2) is 4.47. The molecular weight excluding hydrogens is 200 g/mol. The Labute approximate surface area is 79.5 Å². The second-order valence-corrected chi connectivity index (χ2v) is 2.57. The van der Waals surface area contributed by atoms with Crippen LogP contribution in [0, 0.1) is 0 Å². The van der Waals surface area contributed by atoms with Crippen LogP contribution in [0.25, 0.3) is 0 Å². The topological polar surface area (TPSA) is 56.1 Å². The molecule has 80 valence electrons. The highest BCUT2D eigenvalue weighted by Gasteiger charge is 2.33. The smallest absolute Gasteiger partial charge is 0.422 e. The molecule has 0 aromatic carbocycles. The SMILES string of the molecule is C=C(B(O)O)N(C)/N=C(/C)C(F)(F)F. The zero-order valence-corrected chi connectivity index (χ0v) is 7.71. The maximum absolute atomic E-state index is 12.0. The largest absolute Gasteiger partial charge is 0.507 e. The summed E-state index contributed by atoms with van der Waals surface area (Å²) in [5.74, 6) is 0. The van der Waals surface area contributed by atoms with Gasteiger partial charge in [0.2, 0.25) is 0 Å². The van der Waals surface area contributed by atoms with Gasteiger partial charge in [0.15, 0.2) is 0 Å². The van der Waals surface area contributed by atoms with Crippen molar-refractivity contribution in [3.05, 3.63) is 12.2 Å². The van der Waals surface area contributed by atoms with Crippen LogP contribution in [-0.2, 0) is 0 Å². The number of hydrazone groups is 1. The van der Waals surface area contributed by atoms with Crippen molar-refractivity contribution in [3.8, 4) is 0 Å². The average molecular weight is 210 g/mol. The Hall–Kier alpha value is -1.02. The normalized spacial score (nSPS) is 12.6. The minimum absolute atomic E-state index is 0.339. The van der Waals surface area contributed by atoms with Gasteiger partial charge < -0.3 is 10.0 Å². The molecule has 8 heteroatoms. The van der Waals surface area contributed by atoms with Gasteiger partial charge in [-0.3, -0.25) is 5.01 Å². The molecule has 0 unspecified atom stereocenters. The first-order valence-corrected chi connectivity index (χ1v) is 3.57. The van der Waals surface area contributed by atoms with Crippen LogP contribution in [-0.4, -0.2) is 41.1 Å². The molecule has 0 aliphatic rings. The third-order valence-corrected chi connectivity index (χ3v) is 1.42. The molecule has 4 nitrogen and oxygen atoms in total. The van der Waals surface area contributed by atoms with Crippen LogP contribution >= 0.6 is 0 Å². The molecular formula is C6H10BF3N2O2. The fraction of sp³-hybridized carbons (Fsp3) is 0.500. The predicted molar refractivity (Wildman–Crippen MR) is 46.3 cm³/mol.